The summed E-state index contributed by atoms with van der Waals surface area (Å²) in [4.78, 5) is 27.7. The number of aryl methyl sites for hydroxylation is 2. The maximum absolute atomic E-state index is 12.3. The van der Waals surface area contributed by atoms with Crippen molar-refractivity contribution < 1.29 is 9.59 Å². The molecule has 0 heterocycles. The standard InChI is InChI=1S/C17H25ClN2O2/c1-5-13-9-8-10-14(6-2)17(13)20(15(21)11-18)12-16(22)19(4)7-3/h8-10H,5-7,11-12H2,1-4H3. The van der Waals surface area contributed by atoms with Crippen LogP contribution in [0.2, 0.25) is 0 Å². The number of halogens is 1. The Kier molecular flexibility index (Phi) is 7.39. The van der Waals surface area contributed by atoms with Crippen molar-refractivity contribution in [3.63, 3.8) is 0 Å². The number of hydrogen-bond donors (Lipinski definition) is 0. The lowest BCUT2D eigenvalue weighted by Crippen LogP contribution is -2.43. The largest absolute Gasteiger partial charge is 0.344 e. The normalized spacial score (nSPS) is 10.4. The number of amides is 2. The molecule has 0 aliphatic rings. The zero-order chi connectivity index (χ0) is 16.7. The van der Waals surface area contributed by atoms with Crippen molar-refractivity contribution in [3.8, 4) is 0 Å². The van der Waals surface area contributed by atoms with E-state index in [-0.39, 0.29) is 24.2 Å². The molecule has 0 saturated heterocycles. The molecular weight excluding hydrogens is 300 g/mol. The van der Waals surface area contributed by atoms with Gasteiger partial charge in [-0.1, -0.05) is 32.0 Å². The number of hydrogen-bond acceptors (Lipinski definition) is 2. The van der Waals surface area contributed by atoms with Gasteiger partial charge in [-0.2, -0.15) is 0 Å². The van der Waals surface area contributed by atoms with E-state index in [1.165, 1.54) is 0 Å². The Balaban J connectivity index is 3.28. The Morgan fingerprint density at radius 2 is 1.59 bits per heavy atom. The van der Waals surface area contributed by atoms with Gasteiger partial charge in [0.1, 0.15) is 12.4 Å². The van der Waals surface area contributed by atoms with Gasteiger partial charge >= 0.3 is 0 Å². The first-order chi connectivity index (χ1) is 10.5. The second-order valence-electron chi connectivity index (χ2n) is 5.15. The Labute approximate surface area is 138 Å². The summed E-state index contributed by atoms with van der Waals surface area (Å²) in [6.45, 7) is 6.63. The number of likely N-dealkylation sites (N-methyl/N-ethyl adjacent to an activating group) is 1. The lowest BCUT2D eigenvalue weighted by atomic mass is 10.0. The number of carbonyl (C=O) groups excluding carboxylic acids is 2. The molecule has 22 heavy (non-hydrogen) atoms. The molecule has 1 aromatic carbocycles. The van der Waals surface area contributed by atoms with Gasteiger partial charge < -0.3 is 9.80 Å². The minimum Gasteiger partial charge on any atom is -0.344 e. The van der Waals surface area contributed by atoms with Gasteiger partial charge in [0.15, 0.2) is 0 Å². The Morgan fingerprint density at radius 3 is 2.00 bits per heavy atom. The highest BCUT2D eigenvalue weighted by atomic mass is 35.5. The molecule has 4 nitrogen and oxygen atoms in total. The van der Waals surface area contributed by atoms with Gasteiger partial charge in [-0.3, -0.25) is 9.59 Å². The molecule has 0 aliphatic heterocycles. The van der Waals surface area contributed by atoms with Gasteiger partial charge in [0.2, 0.25) is 11.8 Å². The second-order valence-corrected chi connectivity index (χ2v) is 5.42. The van der Waals surface area contributed by atoms with Gasteiger partial charge in [0.25, 0.3) is 0 Å². The van der Waals surface area contributed by atoms with Crippen LogP contribution in [0.4, 0.5) is 5.69 Å². The highest BCUT2D eigenvalue weighted by Crippen LogP contribution is 2.27. The van der Waals surface area contributed by atoms with Crippen LogP contribution in [0.25, 0.3) is 0 Å². The van der Waals surface area contributed by atoms with Gasteiger partial charge in [0, 0.05) is 13.6 Å². The van der Waals surface area contributed by atoms with Crippen molar-refractivity contribution in [2.45, 2.75) is 33.6 Å². The molecule has 1 rings (SSSR count). The maximum Gasteiger partial charge on any atom is 0.242 e. The molecule has 0 aliphatic carbocycles. The molecule has 0 N–H and O–H groups in total. The van der Waals surface area contributed by atoms with Gasteiger partial charge in [-0.05, 0) is 30.9 Å². The van der Waals surface area contributed by atoms with Crippen LogP contribution < -0.4 is 4.90 Å². The molecule has 0 atom stereocenters. The maximum atomic E-state index is 12.3. The highest BCUT2D eigenvalue weighted by molar-refractivity contribution is 6.29. The van der Waals surface area contributed by atoms with Crippen LogP contribution in [-0.2, 0) is 22.4 Å². The first kappa shape index (κ1) is 18.5. The van der Waals surface area contributed by atoms with Crippen LogP contribution in [0.5, 0.6) is 0 Å². The number of benzene rings is 1. The minimum atomic E-state index is -0.241. The van der Waals surface area contributed by atoms with Crippen molar-refractivity contribution in [2.24, 2.45) is 0 Å². The van der Waals surface area contributed by atoms with E-state index in [2.05, 4.69) is 0 Å². The van der Waals surface area contributed by atoms with Gasteiger partial charge in [-0.15, -0.1) is 11.6 Å². The fraction of sp³-hybridized carbons (Fsp3) is 0.529. The summed E-state index contributed by atoms with van der Waals surface area (Å²) in [6.07, 6.45) is 1.60. The molecular formula is C17H25ClN2O2. The molecule has 0 radical (unpaired) electrons. The van der Waals surface area contributed by atoms with Crippen LogP contribution in [0.1, 0.15) is 31.9 Å². The average Bonchev–Trinajstić information content (AvgIpc) is 2.57. The van der Waals surface area contributed by atoms with Crippen molar-refractivity contribution in [1.82, 2.24) is 4.90 Å². The zero-order valence-electron chi connectivity index (χ0n) is 13.9. The number of carbonyl (C=O) groups is 2. The summed E-state index contributed by atoms with van der Waals surface area (Å²) in [5.74, 6) is -0.464. The minimum absolute atomic E-state index is 0.0277. The van der Waals surface area contributed by atoms with Crippen LogP contribution >= 0.6 is 11.6 Å². The summed E-state index contributed by atoms with van der Waals surface area (Å²) < 4.78 is 0. The molecule has 0 spiro atoms. The van der Waals surface area contributed by atoms with E-state index in [1.807, 2.05) is 39.0 Å². The third kappa shape index (κ3) is 4.23. The topological polar surface area (TPSA) is 40.6 Å². The third-order valence-corrected chi connectivity index (χ3v) is 4.07. The quantitative estimate of drug-likeness (QED) is 0.724. The monoisotopic (exact) mass is 324 g/mol. The summed E-state index contributed by atoms with van der Waals surface area (Å²) in [5, 5.41) is 0. The first-order valence-electron chi connectivity index (χ1n) is 7.71. The smallest absolute Gasteiger partial charge is 0.242 e. The number of anilines is 1. The fourth-order valence-corrected chi connectivity index (χ4v) is 2.50. The molecule has 0 saturated carbocycles. The lowest BCUT2D eigenvalue weighted by Gasteiger charge is -2.28. The molecule has 0 bridgehead atoms. The second kappa shape index (κ2) is 8.79. The lowest BCUT2D eigenvalue weighted by molar-refractivity contribution is -0.129. The van der Waals surface area contributed by atoms with Crippen molar-refractivity contribution in [3.05, 3.63) is 29.3 Å². The highest BCUT2D eigenvalue weighted by Gasteiger charge is 2.23. The number of rotatable bonds is 7. The Morgan fingerprint density at radius 1 is 1.05 bits per heavy atom. The van der Waals surface area contributed by atoms with E-state index in [0.29, 0.717) is 6.54 Å². The molecule has 5 heteroatoms. The SMILES string of the molecule is CCc1cccc(CC)c1N(CC(=O)N(C)CC)C(=O)CCl. The summed E-state index contributed by atoms with van der Waals surface area (Å²) >= 11 is 5.77. The van der Waals surface area contributed by atoms with Crippen LogP contribution in [-0.4, -0.2) is 42.7 Å². The van der Waals surface area contributed by atoms with Gasteiger partial charge in [0.05, 0.1) is 5.69 Å². The number of para-hydroxylation sites is 1. The van der Waals surface area contributed by atoms with Crippen LogP contribution in [0, 0.1) is 0 Å². The van der Waals surface area contributed by atoms with Gasteiger partial charge in [-0.25, -0.2) is 0 Å². The van der Waals surface area contributed by atoms with Crippen LogP contribution in [0.3, 0.4) is 0 Å². The predicted octanol–water partition coefficient (Wildman–Crippen LogP) is 2.86. The van der Waals surface area contributed by atoms with Crippen molar-refractivity contribution in [2.75, 3.05) is 30.9 Å². The average molecular weight is 325 g/mol. The molecule has 0 unspecified atom stereocenters. The summed E-state index contributed by atoms with van der Waals surface area (Å²) in [7, 11) is 1.73. The molecule has 0 fully saturated rings. The Hall–Kier alpha value is -1.55. The molecule has 122 valence electrons. The molecule has 2 amide bonds. The first-order valence-corrected chi connectivity index (χ1v) is 8.24. The molecule has 1 aromatic rings. The van der Waals surface area contributed by atoms with E-state index in [0.717, 1.165) is 29.7 Å². The molecule has 0 aromatic heterocycles. The van der Waals surface area contributed by atoms with E-state index in [9.17, 15) is 9.59 Å². The number of nitrogens with zero attached hydrogens (tertiary/aromatic N) is 2. The van der Waals surface area contributed by atoms with E-state index >= 15 is 0 Å². The zero-order valence-corrected chi connectivity index (χ0v) is 14.6. The summed E-state index contributed by atoms with van der Waals surface area (Å²) in [5.41, 5.74) is 2.96. The number of alkyl halides is 1. The van der Waals surface area contributed by atoms with E-state index in [1.54, 1.807) is 16.8 Å². The fourth-order valence-electron chi connectivity index (χ4n) is 2.36. The van der Waals surface area contributed by atoms with Crippen LogP contribution in [0.15, 0.2) is 18.2 Å². The predicted molar refractivity (Wildman–Crippen MR) is 91.6 cm³/mol. The van der Waals surface area contributed by atoms with E-state index < -0.39 is 0 Å². The van der Waals surface area contributed by atoms with Crippen molar-refractivity contribution in [1.29, 1.82) is 0 Å². The third-order valence-electron chi connectivity index (χ3n) is 3.84. The van der Waals surface area contributed by atoms with E-state index in [4.69, 9.17) is 11.6 Å². The Bertz CT molecular complexity index is 509. The summed E-state index contributed by atoms with van der Waals surface area (Å²) in [6, 6.07) is 5.98. The van der Waals surface area contributed by atoms with Crippen molar-refractivity contribution >= 4 is 29.1 Å².